The van der Waals surface area contributed by atoms with Crippen molar-refractivity contribution in [2.24, 2.45) is 0 Å². The minimum Gasteiger partial charge on any atom is -0.341 e. The van der Waals surface area contributed by atoms with Crippen LogP contribution in [0.4, 0.5) is 5.95 Å². The lowest BCUT2D eigenvalue weighted by Crippen LogP contribution is -2.30. The highest BCUT2D eigenvalue weighted by atomic mass is 15.2. The first-order valence-electron chi connectivity index (χ1n) is 6.93. The van der Waals surface area contributed by atoms with Crippen LogP contribution in [0, 0.1) is 0 Å². The lowest BCUT2D eigenvalue weighted by Gasteiger charge is -2.24. The molecule has 1 heterocycles. The Balaban J connectivity index is 2.53. The van der Waals surface area contributed by atoms with Crippen molar-refractivity contribution in [3.05, 3.63) is 18.0 Å². The molecule has 4 heteroatoms. The number of hydrogen-bond acceptors (Lipinski definition) is 4. The molecule has 1 rings (SSSR count). The van der Waals surface area contributed by atoms with Gasteiger partial charge in [-0.15, -0.1) is 0 Å². The normalized spacial score (nSPS) is 12.4. The molecule has 1 aromatic rings. The molecule has 0 saturated heterocycles. The van der Waals surface area contributed by atoms with Gasteiger partial charge in [0.15, 0.2) is 0 Å². The van der Waals surface area contributed by atoms with Crippen molar-refractivity contribution in [2.75, 3.05) is 18.5 Å². The molecular weight excluding hydrogens is 224 g/mol. The minimum atomic E-state index is 0.485. The van der Waals surface area contributed by atoms with Crippen LogP contribution in [-0.4, -0.2) is 29.6 Å². The van der Waals surface area contributed by atoms with E-state index < -0.39 is 0 Å². The molecule has 0 aromatic carbocycles. The van der Waals surface area contributed by atoms with E-state index in [9.17, 15) is 0 Å². The lowest BCUT2D eigenvalue weighted by atomic mass is 10.2. The number of rotatable bonds is 8. The van der Waals surface area contributed by atoms with E-state index in [4.69, 9.17) is 0 Å². The fourth-order valence-electron chi connectivity index (χ4n) is 1.84. The van der Waals surface area contributed by atoms with Crippen LogP contribution in [0.1, 0.15) is 45.6 Å². The molecule has 0 aliphatic heterocycles. The first-order valence-corrected chi connectivity index (χ1v) is 6.93. The quantitative estimate of drug-likeness (QED) is 0.720. The second-order valence-electron chi connectivity index (χ2n) is 4.82. The molecule has 1 aromatic heterocycles. The molecule has 18 heavy (non-hydrogen) atoms. The predicted octanol–water partition coefficient (Wildman–Crippen LogP) is 2.60. The smallest absolute Gasteiger partial charge is 0.225 e. The average Bonchev–Trinajstić information content (AvgIpc) is 2.39. The van der Waals surface area contributed by atoms with Crippen molar-refractivity contribution >= 4 is 5.95 Å². The Bertz CT molecular complexity index is 323. The third kappa shape index (κ3) is 4.61. The zero-order valence-electron chi connectivity index (χ0n) is 12.1. The van der Waals surface area contributed by atoms with Gasteiger partial charge in [-0.05, 0) is 26.3 Å². The number of hydrogen-bond donors (Lipinski definition) is 1. The fraction of sp³-hybridized carbons (Fsp3) is 0.714. The van der Waals surface area contributed by atoms with Gasteiger partial charge >= 0.3 is 0 Å². The Hall–Kier alpha value is -1.16. The maximum atomic E-state index is 4.44. The molecule has 0 amide bonds. The van der Waals surface area contributed by atoms with E-state index in [1.54, 1.807) is 0 Å². The van der Waals surface area contributed by atoms with Crippen molar-refractivity contribution < 1.29 is 0 Å². The van der Waals surface area contributed by atoms with Gasteiger partial charge in [0, 0.05) is 37.6 Å². The topological polar surface area (TPSA) is 41.1 Å². The van der Waals surface area contributed by atoms with Crippen molar-refractivity contribution in [1.82, 2.24) is 15.3 Å². The van der Waals surface area contributed by atoms with E-state index >= 15 is 0 Å². The second kappa shape index (κ2) is 8.03. The zero-order valence-corrected chi connectivity index (χ0v) is 12.1. The first-order chi connectivity index (χ1) is 8.69. The van der Waals surface area contributed by atoms with Gasteiger partial charge in [0.1, 0.15) is 0 Å². The van der Waals surface area contributed by atoms with Crippen LogP contribution in [-0.2, 0) is 6.54 Å². The molecule has 0 spiro atoms. The second-order valence-corrected chi connectivity index (χ2v) is 4.82. The van der Waals surface area contributed by atoms with E-state index in [2.05, 4.69) is 48.0 Å². The maximum absolute atomic E-state index is 4.44. The monoisotopic (exact) mass is 250 g/mol. The molecule has 1 unspecified atom stereocenters. The Kier molecular flexibility index (Phi) is 6.65. The van der Waals surface area contributed by atoms with Crippen LogP contribution in [0.15, 0.2) is 12.4 Å². The van der Waals surface area contributed by atoms with E-state index in [-0.39, 0.29) is 0 Å². The van der Waals surface area contributed by atoms with E-state index in [0.717, 1.165) is 31.0 Å². The summed E-state index contributed by atoms with van der Waals surface area (Å²) < 4.78 is 0. The average molecular weight is 250 g/mol. The summed E-state index contributed by atoms with van der Waals surface area (Å²) in [5.74, 6) is 0.815. The standard InChI is InChI=1S/C14H26N4/c1-5-7-12(3)18(4)14-16-10-13(11-17-14)9-15-8-6-2/h10-12,15H,5-9H2,1-4H3. The predicted molar refractivity (Wildman–Crippen MR) is 76.8 cm³/mol. The van der Waals surface area contributed by atoms with Crippen LogP contribution < -0.4 is 10.2 Å². The van der Waals surface area contributed by atoms with E-state index in [0.29, 0.717) is 6.04 Å². The van der Waals surface area contributed by atoms with Crippen molar-refractivity contribution in [3.63, 3.8) is 0 Å². The highest BCUT2D eigenvalue weighted by molar-refractivity contribution is 5.29. The Morgan fingerprint density at radius 3 is 2.44 bits per heavy atom. The molecule has 1 N–H and O–H groups in total. The van der Waals surface area contributed by atoms with E-state index in [1.165, 1.54) is 12.8 Å². The van der Waals surface area contributed by atoms with Crippen LogP contribution in [0.2, 0.25) is 0 Å². The van der Waals surface area contributed by atoms with Crippen LogP contribution in [0.25, 0.3) is 0 Å². The number of aromatic nitrogens is 2. The number of nitrogens with one attached hydrogen (secondary N) is 1. The summed E-state index contributed by atoms with van der Waals surface area (Å²) in [6.45, 7) is 8.46. The Morgan fingerprint density at radius 2 is 1.89 bits per heavy atom. The lowest BCUT2D eigenvalue weighted by molar-refractivity contribution is 0.604. The summed E-state index contributed by atoms with van der Waals surface area (Å²) in [4.78, 5) is 11.0. The van der Waals surface area contributed by atoms with Crippen molar-refractivity contribution in [2.45, 2.75) is 52.6 Å². The summed E-state index contributed by atoms with van der Waals surface area (Å²) in [6, 6.07) is 0.485. The summed E-state index contributed by atoms with van der Waals surface area (Å²) in [5.41, 5.74) is 1.14. The van der Waals surface area contributed by atoms with Crippen LogP contribution in [0.5, 0.6) is 0 Å². The largest absolute Gasteiger partial charge is 0.341 e. The van der Waals surface area contributed by atoms with Gasteiger partial charge in [0.05, 0.1) is 0 Å². The third-order valence-corrected chi connectivity index (χ3v) is 3.13. The summed E-state index contributed by atoms with van der Waals surface area (Å²) in [5, 5.41) is 3.35. The number of nitrogens with zero attached hydrogens (tertiary/aromatic N) is 3. The van der Waals surface area contributed by atoms with Crippen LogP contribution in [0.3, 0.4) is 0 Å². The van der Waals surface area contributed by atoms with Gasteiger partial charge in [-0.2, -0.15) is 0 Å². The molecule has 0 aliphatic rings. The minimum absolute atomic E-state index is 0.485. The fourth-order valence-corrected chi connectivity index (χ4v) is 1.84. The first kappa shape index (κ1) is 14.9. The van der Waals surface area contributed by atoms with Gasteiger partial charge in [-0.25, -0.2) is 9.97 Å². The van der Waals surface area contributed by atoms with Gasteiger partial charge in [-0.1, -0.05) is 20.3 Å². The molecular formula is C14H26N4. The maximum Gasteiger partial charge on any atom is 0.225 e. The summed E-state index contributed by atoms with van der Waals surface area (Å²) in [7, 11) is 2.06. The molecule has 0 radical (unpaired) electrons. The van der Waals surface area contributed by atoms with Gasteiger partial charge < -0.3 is 10.2 Å². The molecule has 0 aliphatic carbocycles. The molecule has 0 fully saturated rings. The van der Waals surface area contributed by atoms with Crippen molar-refractivity contribution in [1.29, 1.82) is 0 Å². The third-order valence-electron chi connectivity index (χ3n) is 3.13. The highest BCUT2D eigenvalue weighted by Crippen LogP contribution is 2.12. The Morgan fingerprint density at radius 1 is 1.22 bits per heavy atom. The molecule has 4 nitrogen and oxygen atoms in total. The Labute approximate surface area is 111 Å². The summed E-state index contributed by atoms with van der Waals surface area (Å²) in [6.07, 6.45) is 7.33. The summed E-state index contributed by atoms with van der Waals surface area (Å²) >= 11 is 0. The molecule has 1 atom stereocenters. The molecule has 102 valence electrons. The SMILES string of the molecule is CCCNCc1cnc(N(C)C(C)CCC)nc1. The molecule has 0 saturated carbocycles. The zero-order chi connectivity index (χ0) is 13.4. The van der Waals surface area contributed by atoms with Crippen LogP contribution >= 0.6 is 0 Å². The van der Waals surface area contributed by atoms with Gasteiger partial charge in [-0.3, -0.25) is 0 Å². The van der Waals surface area contributed by atoms with Gasteiger partial charge in [0.2, 0.25) is 5.95 Å². The highest BCUT2D eigenvalue weighted by Gasteiger charge is 2.11. The van der Waals surface area contributed by atoms with Gasteiger partial charge in [0.25, 0.3) is 0 Å². The van der Waals surface area contributed by atoms with E-state index in [1.807, 2.05) is 12.4 Å². The molecule has 0 bridgehead atoms. The van der Waals surface area contributed by atoms with Crippen molar-refractivity contribution in [3.8, 4) is 0 Å². The number of anilines is 1.